The van der Waals surface area contributed by atoms with Crippen LogP contribution in [0.15, 0.2) is 12.1 Å². The van der Waals surface area contributed by atoms with Gasteiger partial charge in [-0.25, -0.2) is 0 Å². The van der Waals surface area contributed by atoms with Gasteiger partial charge in [0.15, 0.2) is 0 Å². The zero-order valence-corrected chi connectivity index (χ0v) is 11.7. The maximum atomic E-state index is 6.21. The molecule has 0 bridgehead atoms. The molecule has 18 heavy (non-hydrogen) atoms. The van der Waals surface area contributed by atoms with E-state index in [4.69, 9.17) is 15.2 Å². The Labute approximate surface area is 109 Å². The fraction of sp³-hybridized carbons (Fsp3) is 0.600. The normalized spacial score (nSPS) is 18.3. The summed E-state index contributed by atoms with van der Waals surface area (Å²) in [6.45, 7) is 4.24. The van der Waals surface area contributed by atoms with Crippen molar-refractivity contribution in [3.8, 4) is 11.5 Å². The number of hydrogen-bond donors (Lipinski definition) is 1. The van der Waals surface area contributed by atoms with Gasteiger partial charge < -0.3 is 15.2 Å². The third-order valence-corrected chi connectivity index (χ3v) is 4.18. The summed E-state index contributed by atoms with van der Waals surface area (Å²) in [6.07, 6.45) is 3.21. The van der Waals surface area contributed by atoms with Crippen LogP contribution < -0.4 is 15.2 Å². The molecule has 2 N–H and O–H groups in total. The monoisotopic (exact) mass is 249 g/mol. The highest BCUT2D eigenvalue weighted by atomic mass is 16.5. The number of rotatable bonds is 5. The van der Waals surface area contributed by atoms with E-state index in [1.165, 1.54) is 11.1 Å². The predicted molar refractivity (Wildman–Crippen MR) is 73.5 cm³/mol. The minimum Gasteiger partial charge on any atom is -0.496 e. The Bertz CT molecular complexity index is 436. The number of hydrogen-bond acceptors (Lipinski definition) is 3. The molecular formula is C15H23NO2. The van der Waals surface area contributed by atoms with Gasteiger partial charge in [0.2, 0.25) is 0 Å². The van der Waals surface area contributed by atoms with Crippen LogP contribution in [-0.4, -0.2) is 20.3 Å². The summed E-state index contributed by atoms with van der Waals surface area (Å²) in [4.78, 5) is 0. The van der Waals surface area contributed by atoms with Gasteiger partial charge in [0.05, 0.1) is 14.2 Å². The molecule has 1 aromatic carbocycles. The lowest BCUT2D eigenvalue weighted by Gasteiger charge is -2.26. The molecule has 1 atom stereocenters. The molecule has 1 saturated carbocycles. The molecule has 3 nitrogen and oxygen atoms in total. The van der Waals surface area contributed by atoms with Crippen molar-refractivity contribution in [2.75, 3.05) is 14.2 Å². The van der Waals surface area contributed by atoms with Crippen molar-refractivity contribution < 1.29 is 9.47 Å². The number of benzene rings is 1. The molecule has 0 spiro atoms. The molecule has 1 unspecified atom stereocenters. The van der Waals surface area contributed by atoms with E-state index in [-0.39, 0.29) is 11.5 Å². The molecule has 2 rings (SSSR count). The van der Waals surface area contributed by atoms with Crippen molar-refractivity contribution in [2.45, 2.75) is 44.6 Å². The summed E-state index contributed by atoms with van der Waals surface area (Å²) >= 11 is 0. The van der Waals surface area contributed by atoms with Crippen molar-refractivity contribution in [3.63, 3.8) is 0 Å². The van der Waals surface area contributed by atoms with Gasteiger partial charge in [0.25, 0.3) is 0 Å². The maximum Gasteiger partial charge on any atom is 0.123 e. The highest BCUT2D eigenvalue weighted by molar-refractivity contribution is 5.55. The predicted octanol–water partition coefficient (Wildman–Crippen LogP) is 2.65. The molecule has 0 amide bonds. The largest absolute Gasteiger partial charge is 0.496 e. The molecule has 1 fully saturated rings. The standard InChI is InChI=1S/C15H23NO2/c1-5-11-12(17-3)6-7-13(18-4)14(11)15(8-9-15)10(2)16/h6-7,10H,5,8-9,16H2,1-4H3. The van der Waals surface area contributed by atoms with E-state index in [9.17, 15) is 0 Å². The number of ether oxygens (including phenoxy) is 2. The van der Waals surface area contributed by atoms with Crippen molar-refractivity contribution >= 4 is 0 Å². The second-order valence-corrected chi connectivity index (χ2v) is 5.12. The van der Waals surface area contributed by atoms with Crippen molar-refractivity contribution in [1.82, 2.24) is 0 Å². The molecule has 0 radical (unpaired) electrons. The van der Waals surface area contributed by atoms with E-state index in [1.807, 2.05) is 12.1 Å². The van der Waals surface area contributed by atoms with E-state index < -0.39 is 0 Å². The second kappa shape index (κ2) is 4.81. The zero-order valence-electron chi connectivity index (χ0n) is 11.7. The molecule has 1 aliphatic rings. The molecule has 0 heterocycles. The first-order valence-corrected chi connectivity index (χ1v) is 6.60. The molecule has 3 heteroatoms. The molecule has 100 valence electrons. The van der Waals surface area contributed by atoms with E-state index in [0.29, 0.717) is 0 Å². The van der Waals surface area contributed by atoms with E-state index >= 15 is 0 Å². The Kier molecular flexibility index (Phi) is 3.53. The van der Waals surface area contributed by atoms with Crippen molar-refractivity contribution in [1.29, 1.82) is 0 Å². The van der Waals surface area contributed by atoms with Crippen LogP contribution in [0.5, 0.6) is 11.5 Å². The highest BCUT2D eigenvalue weighted by Gasteiger charge is 2.50. The SMILES string of the molecule is CCc1c(OC)ccc(OC)c1C1(C(C)N)CC1. The Morgan fingerprint density at radius 2 is 1.78 bits per heavy atom. The average molecular weight is 249 g/mol. The molecule has 0 aromatic heterocycles. The van der Waals surface area contributed by atoms with E-state index in [2.05, 4.69) is 13.8 Å². The molecule has 0 aliphatic heterocycles. The van der Waals surface area contributed by atoms with Gasteiger partial charge >= 0.3 is 0 Å². The summed E-state index contributed by atoms with van der Waals surface area (Å²) in [5.41, 5.74) is 8.80. The summed E-state index contributed by atoms with van der Waals surface area (Å²) in [5, 5.41) is 0. The Morgan fingerprint density at radius 3 is 2.17 bits per heavy atom. The summed E-state index contributed by atoms with van der Waals surface area (Å²) in [5.74, 6) is 1.89. The minimum absolute atomic E-state index is 0.0885. The van der Waals surface area contributed by atoms with Gasteiger partial charge in [-0.1, -0.05) is 6.92 Å². The van der Waals surface area contributed by atoms with Gasteiger partial charge in [-0.05, 0) is 38.3 Å². The fourth-order valence-corrected chi connectivity index (χ4v) is 2.93. The topological polar surface area (TPSA) is 44.5 Å². The lowest BCUT2D eigenvalue weighted by Crippen LogP contribution is -2.33. The van der Waals surface area contributed by atoms with Gasteiger partial charge in [0.1, 0.15) is 11.5 Å². The first-order chi connectivity index (χ1) is 8.60. The third kappa shape index (κ3) is 1.87. The smallest absolute Gasteiger partial charge is 0.123 e. The Balaban J connectivity index is 2.62. The fourth-order valence-electron chi connectivity index (χ4n) is 2.93. The van der Waals surface area contributed by atoms with Crippen LogP contribution >= 0.6 is 0 Å². The van der Waals surface area contributed by atoms with Gasteiger partial charge in [-0.3, -0.25) is 0 Å². The average Bonchev–Trinajstić information content (AvgIpc) is 3.18. The number of nitrogens with two attached hydrogens (primary N) is 1. The van der Waals surface area contributed by atoms with Crippen LogP contribution in [0.3, 0.4) is 0 Å². The maximum absolute atomic E-state index is 6.21. The molecular weight excluding hydrogens is 226 g/mol. The Hall–Kier alpha value is -1.22. The van der Waals surface area contributed by atoms with Crippen molar-refractivity contribution in [2.24, 2.45) is 5.73 Å². The van der Waals surface area contributed by atoms with E-state index in [1.54, 1.807) is 14.2 Å². The summed E-state index contributed by atoms with van der Waals surface area (Å²) in [7, 11) is 3.44. The lowest BCUT2D eigenvalue weighted by atomic mass is 9.84. The third-order valence-electron chi connectivity index (χ3n) is 4.18. The van der Waals surface area contributed by atoms with Gasteiger partial charge in [0, 0.05) is 22.6 Å². The quantitative estimate of drug-likeness (QED) is 0.872. The summed E-state index contributed by atoms with van der Waals surface area (Å²) in [6, 6.07) is 4.12. The first-order valence-electron chi connectivity index (χ1n) is 6.60. The lowest BCUT2D eigenvalue weighted by molar-refractivity contribution is 0.384. The van der Waals surface area contributed by atoms with Crippen LogP contribution in [0.1, 0.15) is 37.8 Å². The molecule has 0 saturated heterocycles. The van der Waals surface area contributed by atoms with Crippen molar-refractivity contribution in [3.05, 3.63) is 23.3 Å². The first kappa shape index (κ1) is 13.2. The minimum atomic E-state index is 0.0885. The molecule has 1 aliphatic carbocycles. The second-order valence-electron chi connectivity index (χ2n) is 5.12. The zero-order chi connectivity index (χ0) is 13.3. The van der Waals surface area contributed by atoms with Crippen LogP contribution in [0.4, 0.5) is 0 Å². The van der Waals surface area contributed by atoms with Crippen LogP contribution in [0.25, 0.3) is 0 Å². The Morgan fingerprint density at radius 1 is 1.22 bits per heavy atom. The van der Waals surface area contributed by atoms with Crippen LogP contribution in [0, 0.1) is 0 Å². The summed E-state index contributed by atoms with van der Waals surface area (Å²) < 4.78 is 11.0. The van der Waals surface area contributed by atoms with Gasteiger partial charge in [-0.2, -0.15) is 0 Å². The van der Waals surface area contributed by atoms with Crippen LogP contribution in [-0.2, 0) is 11.8 Å². The number of methoxy groups -OCH3 is 2. The van der Waals surface area contributed by atoms with Gasteiger partial charge in [-0.15, -0.1) is 0 Å². The van der Waals surface area contributed by atoms with Crippen LogP contribution in [0.2, 0.25) is 0 Å². The highest BCUT2D eigenvalue weighted by Crippen LogP contribution is 2.55. The molecule has 1 aromatic rings. The van der Waals surface area contributed by atoms with E-state index in [0.717, 1.165) is 30.8 Å².